The summed E-state index contributed by atoms with van der Waals surface area (Å²) in [5, 5.41) is 18.8. The third-order valence-electron chi connectivity index (χ3n) is 2.24. The molecular weight excluding hydrogens is 184 g/mol. The molecule has 14 heavy (non-hydrogen) atoms. The number of hydrogen-bond acceptors (Lipinski definition) is 4. The molecule has 0 aromatic heterocycles. The summed E-state index contributed by atoms with van der Waals surface area (Å²) < 4.78 is 11.0. The summed E-state index contributed by atoms with van der Waals surface area (Å²) >= 11 is 0. The number of hydrogen-bond donors (Lipinski definition) is 2. The van der Waals surface area contributed by atoms with Crippen LogP contribution in [0.3, 0.4) is 0 Å². The standard InChI is InChI=1S/C10H20O4/c1-6-8(12)9(7(5-11)13-6)14-10(2,3)4/h6-9,11-12H,5H2,1-4H3/t6-,7+,8-,9?/m0/s1. The van der Waals surface area contributed by atoms with Crippen LogP contribution in [0.4, 0.5) is 0 Å². The molecule has 1 unspecified atom stereocenters. The third kappa shape index (κ3) is 2.67. The number of rotatable bonds is 2. The Bertz CT molecular complexity index is 187. The fourth-order valence-corrected chi connectivity index (χ4v) is 1.62. The molecule has 0 radical (unpaired) electrons. The van der Waals surface area contributed by atoms with Gasteiger partial charge in [0.15, 0.2) is 0 Å². The highest BCUT2D eigenvalue weighted by Gasteiger charge is 2.43. The SMILES string of the molecule is C[C@@H]1O[C@H](CO)C(OC(C)(C)C)[C@H]1O. The molecule has 0 aliphatic carbocycles. The van der Waals surface area contributed by atoms with Crippen molar-refractivity contribution in [2.45, 2.75) is 57.7 Å². The van der Waals surface area contributed by atoms with Gasteiger partial charge in [0, 0.05) is 0 Å². The Morgan fingerprint density at radius 2 is 1.93 bits per heavy atom. The molecule has 0 spiro atoms. The first-order valence-corrected chi connectivity index (χ1v) is 4.97. The van der Waals surface area contributed by atoms with E-state index in [4.69, 9.17) is 14.6 Å². The van der Waals surface area contributed by atoms with Crippen LogP contribution < -0.4 is 0 Å². The van der Waals surface area contributed by atoms with Gasteiger partial charge in [0.1, 0.15) is 18.3 Å². The Hall–Kier alpha value is -0.160. The minimum Gasteiger partial charge on any atom is -0.394 e. The van der Waals surface area contributed by atoms with E-state index in [2.05, 4.69) is 0 Å². The van der Waals surface area contributed by atoms with Crippen molar-refractivity contribution in [1.82, 2.24) is 0 Å². The average Bonchev–Trinajstić information content (AvgIpc) is 2.30. The zero-order valence-corrected chi connectivity index (χ0v) is 9.23. The van der Waals surface area contributed by atoms with Crippen LogP contribution >= 0.6 is 0 Å². The Morgan fingerprint density at radius 1 is 1.36 bits per heavy atom. The van der Waals surface area contributed by atoms with Gasteiger partial charge >= 0.3 is 0 Å². The lowest BCUT2D eigenvalue weighted by molar-refractivity contribution is -0.119. The Kier molecular flexibility index (Phi) is 3.53. The Labute approximate surface area is 84.8 Å². The van der Waals surface area contributed by atoms with Gasteiger partial charge in [-0.25, -0.2) is 0 Å². The van der Waals surface area contributed by atoms with Crippen LogP contribution in [0.1, 0.15) is 27.7 Å². The summed E-state index contributed by atoms with van der Waals surface area (Å²) in [7, 11) is 0. The number of aliphatic hydroxyl groups is 2. The van der Waals surface area contributed by atoms with Gasteiger partial charge in [0.25, 0.3) is 0 Å². The molecule has 4 heteroatoms. The maximum absolute atomic E-state index is 9.76. The Morgan fingerprint density at radius 3 is 2.36 bits per heavy atom. The molecule has 1 rings (SSSR count). The van der Waals surface area contributed by atoms with E-state index in [0.717, 1.165) is 0 Å². The van der Waals surface area contributed by atoms with Crippen molar-refractivity contribution >= 4 is 0 Å². The van der Waals surface area contributed by atoms with Crippen LogP contribution in [0.2, 0.25) is 0 Å². The monoisotopic (exact) mass is 204 g/mol. The molecule has 4 nitrogen and oxygen atoms in total. The van der Waals surface area contributed by atoms with Gasteiger partial charge in [-0.1, -0.05) is 0 Å². The summed E-state index contributed by atoms with van der Waals surface area (Å²) in [6.07, 6.45) is -1.79. The van der Waals surface area contributed by atoms with E-state index in [-0.39, 0.29) is 18.3 Å². The first-order valence-electron chi connectivity index (χ1n) is 4.97. The lowest BCUT2D eigenvalue weighted by Gasteiger charge is -2.28. The molecular formula is C10H20O4. The first-order chi connectivity index (χ1) is 6.35. The highest BCUT2D eigenvalue weighted by atomic mass is 16.6. The molecule has 2 N–H and O–H groups in total. The molecule has 0 bridgehead atoms. The molecule has 1 aliphatic rings. The smallest absolute Gasteiger partial charge is 0.115 e. The molecule has 0 saturated carbocycles. The predicted octanol–water partition coefficient (Wildman–Crippen LogP) is 0.311. The number of aliphatic hydroxyl groups excluding tert-OH is 2. The van der Waals surface area contributed by atoms with Gasteiger partial charge in [0.05, 0.1) is 18.3 Å². The minimum atomic E-state index is -0.661. The predicted molar refractivity (Wildman–Crippen MR) is 52.1 cm³/mol. The molecule has 1 heterocycles. The van der Waals surface area contributed by atoms with Crippen molar-refractivity contribution in [2.75, 3.05) is 6.61 Å². The van der Waals surface area contributed by atoms with Gasteiger partial charge in [-0.15, -0.1) is 0 Å². The Balaban J connectivity index is 2.64. The van der Waals surface area contributed by atoms with Gasteiger partial charge in [0.2, 0.25) is 0 Å². The van der Waals surface area contributed by atoms with Gasteiger partial charge in [-0.05, 0) is 27.7 Å². The fourth-order valence-electron chi connectivity index (χ4n) is 1.62. The van der Waals surface area contributed by atoms with Crippen molar-refractivity contribution in [1.29, 1.82) is 0 Å². The van der Waals surface area contributed by atoms with E-state index >= 15 is 0 Å². The summed E-state index contributed by atoms with van der Waals surface area (Å²) in [5.41, 5.74) is -0.341. The normalized spacial score (nSPS) is 39.0. The highest BCUT2D eigenvalue weighted by Crippen LogP contribution is 2.27. The zero-order chi connectivity index (χ0) is 10.9. The van der Waals surface area contributed by atoms with E-state index in [9.17, 15) is 5.11 Å². The molecule has 0 aromatic carbocycles. The van der Waals surface area contributed by atoms with Crippen LogP contribution in [0.25, 0.3) is 0 Å². The van der Waals surface area contributed by atoms with E-state index in [1.54, 1.807) is 6.92 Å². The molecule has 84 valence electrons. The average molecular weight is 204 g/mol. The summed E-state index contributed by atoms with van der Waals surface area (Å²) in [6.45, 7) is 7.40. The highest BCUT2D eigenvalue weighted by molar-refractivity contribution is 4.90. The van der Waals surface area contributed by atoms with Crippen molar-refractivity contribution in [3.8, 4) is 0 Å². The second kappa shape index (κ2) is 4.14. The summed E-state index contributed by atoms with van der Waals surface area (Å²) in [6, 6.07) is 0. The first kappa shape index (κ1) is 11.9. The van der Waals surface area contributed by atoms with E-state index in [0.29, 0.717) is 0 Å². The minimum absolute atomic E-state index is 0.123. The van der Waals surface area contributed by atoms with Crippen molar-refractivity contribution < 1.29 is 19.7 Å². The van der Waals surface area contributed by atoms with Crippen LogP contribution in [0, 0.1) is 0 Å². The second-order valence-electron chi connectivity index (χ2n) is 4.75. The lowest BCUT2D eigenvalue weighted by atomic mass is 10.1. The van der Waals surface area contributed by atoms with Gasteiger partial charge in [-0.3, -0.25) is 0 Å². The van der Waals surface area contributed by atoms with E-state index in [1.165, 1.54) is 0 Å². The second-order valence-corrected chi connectivity index (χ2v) is 4.75. The topological polar surface area (TPSA) is 58.9 Å². The van der Waals surface area contributed by atoms with Crippen LogP contribution in [-0.4, -0.2) is 46.8 Å². The van der Waals surface area contributed by atoms with Gasteiger partial charge < -0.3 is 19.7 Å². The van der Waals surface area contributed by atoms with Crippen LogP contribution in [0.15, 0.2) is 0 Å². The maximum atomic E-state index is 9.76. The van der Waals surface area contributed by atoms with Crippen molar-refractivity contribution in [2.24, 2.45) is 0 Å². The van der Waals surface area contributed by atoms with E-state index < -0.39 is 18.3 Å². The fraction of sp³-hybridized carbons (Fsp3) is 1.00. The maximum Gasteiger partial charge on any atom is 0.115 e. The van der Waals surface area contributed by atoms with Gasteiger partial charge in [-0.2, -0.15) is 0 Å². The van der Waals surface area contributed by atoms with Crippen molar-refractivity contribution in [3.63, 3.8) is 0 Å². The number of ether oxygens (including phenoxy) is 2. The van der Waals surface area contributed by atoms with Crippen LogP contribution in [-0.2, 0) is 9.47 Å². The third-order valence-corrected chi connectivity index (χ3v) is 2.24. The summed E-state index contributed by atoms with van der Waals surface area (Å²) in [5.74, 6) is 0. The molecule has 4 atom stereocenters. The van der Waals surface area contributed by atoms with Crippen LogP contribution in [0.5, 0.6) is 0 Å². The molecule has 1 aliphatic heterocycles. The molecule has 0 amide bonds. The lowest BCUT2D eigenvalue weighted by Crippen LogP contribution is -2.41. The molecule has 1 saturated heterocycles. The summed E-state index contributed by atoms with van der Waals surface area (Å²) in [4.78, 5) is 0. The zero-order valence-electron chi connectivity index (χ0n) is 9.23. The largest absolute Gasteiger partial charge is 0.394 e. The quantitative estimate of drug-likeness (QED) is 0.679. The molecule has 1 fully saturated rings. The molecule has 0 aromatic rings. The van der Waals surface area contributed by atoms with E-state index in [1.807, 2.05) is 20.8 Å². The van der Waals surface area contributed by atoms with Crippen molar-refractivity contribution in [3.05, 3.63) is 0 Å².